The van der Waals surface area contributed by atoms with Crippen LogP contribution in [0.25, 0.3) is 0 Å². The summed E-state index contributed by atoms with van der Waals surface area (Å²) in [7, 11) is 3.03. The van der Waals surface area contributed by atoms with Crippen molar-refractivity contribution in [2.75, 3.05) is 20.8 Å². The average molecular weight is 449 g/mol. The van der Waals surface area contributed by atoms with Gasteiger partial charge in [-0.3, -0.25) is 9.59 Å². The van der Waals surface area contributed by atoms with E-state index in [4.69, 9.17) is 13.9 Å². The van der Waals surface area contributed by atoms with Crippen molar-refractivity contribution >= 4 is 11.8 Å². The molecule has 33 heavy (non-hydrogen) atoms. The second-order valence-corrected chi connectivity index (χ2v) is 8.02. The molecule has 0 radical (unpaired) electrons. The molecule has 0 unspecified atom stereocenters. The zero-order chi connectivity index (χ0) is 23.2. The molecule has 1 saturated carbocycles. The zero-order valence-corrected chi connectivity index (χ0v) is 18.9. The lowest BCUT2D eigenvalue weighted by atomic mass is 10.1. The zero-order valence-electron chi connectivity index (χ0n) is 18.9. The van der Waals surface area contributed by atoms with Gasteiger partial charge < -0.3 is 23.7 Å². The molecule has 7 nitrogen and oxygen atoms in total. The molecule has 0 atom stereocenters. The number of rotatable bonds is 10. The highest BCUT2D eigenvalue weighted by Gasteiger charge is 2.37. The maximum Gasteiger partial charge on any atom is 0.262 e. The lowest BCUT2D eigenvalue weighted by molar-refractivity contribution is -0.133. The second kappa shape index (κ2) is 10.3. The van der Waals surface area contributed by atoms with Gasteiger partial charge in [-0.1, -0.05) is 36.4 Å². The van der Waals surface area contributed by atoms with E-state index in [0.29, 0.717) is 35.9 Å². The van der Waals surface area contributed by atoms with Crippen LogP contribution in [0, 0.1) is 0 Å². The van der Waals surface area contributed by atoms with Crippen LogP contribution in [0.3, 0.4) is 0 Å². The Morgan fingerprint density at radius 1 is 0.909 bits per heavy atom. The topological polar surface area (TPSA) is 72.2 Å². The molecule has 3 aromatic rings. The molecular formula is C26H28N2O5. The van der Waals surface area contributed by atoms with Crippen molar-refractivity contribution in [3.63, 3.8) is 0 Å². The van der Waals surface area contributed by atoms with E-state index >= 15 is 0 Å². The van der Waals surface area contributed by atoms with Crippen molar-refractivity contribution in [3.05, 3.63) is 83.8 Å². The predicted octanol–water partition coefficient (Wildman–Crippen LogP) is 4.13. The van der Waals surface area contributed by atoms with Gasteiger partial charge in [0.15, 0.2) is 0 Å². The van der Waals surface area contributed by atoms with E-state index in [1.54, 1.807) is 40.3 Å². The summed E-state index contributed by atoms with van der Waals surface area (Å²) >= 11 is 0. The molecule has 2 amide bonds. The molecule has 1 aliphatic rings. The van der Waals surface area contributed by atoms with Gasteiger partial charge >= 0.3 is 0 Å². The summed E-state index contributed by atoms with van der Waals surface area (Å²) in [5, 5.41) is 0. The minimum absolute atomic E-state index is 0.0262. The van der Waals surface area contributed by atoms with Crippen molar-refractivity contribution in [1.82, 2.24) is 9.80 Å². The van der Waals surface area contributed by atoms with Gasteiger partial charge in [0, 0.05) is 12.6 Å². The van der Waals surface area contributed by atoms with Gasteiger partial charge in [-0.2, -0.15) is 0 Å². The number of methoxy groups -OCH3 is 2. The number of benzene rings is 2. The number of carbonyl (C=O) groups is 2. The highest BCUT2D eigenvalue weighted by atomic mass is 16.5. The quantitative estimate of drug-likeness (QED) is 0.466. The van der Waals surface area contributed by atoms with Crippen LogP contribution in [0.5, 0.6) is 11.5 Å². The molecule has 0 N–H and O–H groups in total. The van der Waals surface area contributed by atoms with Crippen LogP contribution in [0.4, 0.5) is 0 Å². The summed E-state index contributed by atoms with van der Waals surface area (Å²) < 4.78 is 16.3. The summed E-state index contributed by atoms with van der Waals surface area (Å²) in [6.07, 6.45) is 3.33. The van der Waals surface area contributed by atoms with Crippen molar-refractivity contribution in [1.29, 1.82) is 0 Å². The molecule has 1 fully saturated rings. The minimum Gasteiger partial charge on any atom is -0.496 e. The van der Waals surface area contributed by atoms with Crippen molar-refractivity contribution in [2.24, 2.45) is 0 Å². The third-order valence-electron chi connectivity index (χ3n) is 5.69. The van der Waals surface area contributed by atoms with Crippen LogP contribution in [-0.4, -0.2) is 48.4 Å². The van der Waals surface area contributed by atoms with Gasteiger partial charge in [0.2, 0.25) is 5.91 Å². The van der Waals surface area contributed by atoms with Gasteiger partial charge in [0.1, 0.15) is 29.4 Å². The Hall–Kier alpha value is -3.74. The minimum atomic E-state index is -0.266. The summed E-state index contributed by atoms with van der Waals surface area (Å²) in [5.74, 6) is 1.13. The first-order valence-corrected chi connectivity index (χ1v) is 11.0. The van der Waals surface area contributed by atoms with Crippen LogP contribution < -0.4 is 9.47 Å². The van der Waals surface area contributed by atoms with Crippen LogP contribution in [0.15, 0.2) is 71.3 Å². The number of furan rings is 1. The Balaban J connectivity index is 1.58. The fourth-order valence-electron chi connectivity index (χ4n) is 3.83. The van der Waals surface area contributed by atoms with E-state index in [2.05, 4.69) is 0 Å². The molecule has 0 aliphatic heterocycles. The molecule has 4 rings (SSSR count). The first kappa shape index (κ1) is 22.5. The largest absolute Gasteiger partial charge is 0.496 e. The van der Waals surface area contributed by atoms with E-state index in [-0.39, 0.29) is 24.4 Å². The Kier molecular flexibility index (Phi) is 6.98. The molecule has 1 heterocycles. The summed E-state index contributed by atoms with van der Waals surface area (Å²) in [4.78, 5) is 30.4. The Morgan fingerprint density at radius 2 is 1.61 bits per heavy atom. The third kappa shape index (κ3) is 5.37. The normalized spacial score (nSPS) is 12.8. The molecule has 1 aliphatic carbocycles. The van der Waals surface area contributed by atoms with Crippen LogP contribution in [-0.2, 0) is 17.9 Å². The van der Waals surface area contributed by atoms with E-state index in [1.807, 2.05) is 36.4 Å². The Morgan fingerprint density at radius 3 is 2.18 bits per heavy atom. The Labute approximate surface area is 193 Å². The number of hydrogen-bond acceptors (Lipinski definition) is 5. The molecule has 0 spiro atoms. The molecular weight excluding hydrogens is 420 g/mol. The molecule has 1 aromatic heterocycles. The molecule has 7 heteroatoms. The van der Waals surface area contributed by atoms with E-state index in [1.165, 1.54) is 14.2 Å². The van der Waals surface area contributed by atoms with Crippen LogP contribution >= 0.6 is 0 Å². The second-order valence-electron chi connectivity index (χ2n) is 8.02. The smallest absolute Gasteiger partial charge is 0.262 e. The summed E-state index contributed by atoms with van der Waals surface area (Å²) in [6.45, 7) is 0.717. The van der Waals surface area contributed by atoms with Crippen LogP contribution in [0.2, 0.25) is 0 Å². The van der Waals surface area contributed by atoms with Gasteiger partial charge in [0.05, 0.1) is 27.0 Å². The predicted molar refractivity (Wildman–Crippen MR) is 123 cm³/mol. The fourth-order valence-corrected chi connectivity index (χ4v) is 3.83. The molecule has 172 valence electrons. The third-order valence-corrected chi connectivity index (χ3v) is 5.69. The fraction of sp³-hybridized carbons (Fsp3) is 0.308. The first-order valence-electron chi connectivity index (χ1n) is 11.0. The maximum atomic E-state index is 13.6. The number of carbonyl (C=O) groups excluding carboxylic acids is 2. The highest BCUT2D eigenvalue weighted by molar-refractivity contribution is 6.01. The van der Waals surface area contributed by atoms with Gasteiger partial charge in [-0.15, -0.1) is 0 Å². The first-order chi connectivity index (χ1) is 16.1. The number of hydrogen-bond donors (Lipinski definition) is 0. The van der Waals surface area contributed by atoms with Gasteiger partial charge in [-0.25, -0.2) is 0 Å². The summed E-state index contributed by atoms with van der Waals surface area (Å²) in [5.41, 5.74) is 1.34. The average Bonchev–Trinajstić information content (AvgIpc) is 3.56. The lowest BCUT2D eigenvalue weighted by Crippen LogP contribution is -2.43. The summed E-state index contributed by atoms with van der Waals surface area (Å²) in [6, 6.07) is 18.7. The lowest BCUT2D eigenvalue weighted by Gasteiger charge is -2.28. The molecule has 2 aromatic carbocycles. The number of amides is 2. The van der Waals surface area contributed by atoms with Crippen LogP contribution in [0.1, 0.15) is 34.5 Å². The monoisotopic (exact) mass is 448 g/mol. The number of nitrogens with zero attached hydrogens (tertiary/aromatic N) is 2. The standard InChI is InChI=1S/C26H28N2O5/c1-31-22-11-6-12-23(32-2)25(22)26(30)28(20-13-14-20)18-24(29)27(17-21-10-7-15-33-21)16-19-8-4-3-5-9-19/h3-12,15,20H,13-14,16-18H2,1-2H3. The molecule has 0 saturated heterocycles. The molecule has 0 bridgehead atoms. The highest BCUT2D eigenvalue weighted by Crippen LogP contribution is 2.34. The van der Waals surface area contributed by atoms with E-state index in [0.717, 1.165) is 18.4 Å². The number of ether oxygens (including phenoxy) is 2. The SMILES string of the molecule is COc1cccc(OC)c1C(=O)N(CC(=O)N(Cc1ccccc1)Cc1ccco1)C1CC1. The van der Waals surface area contributed by atoms with E-state index in [9.17, 15) is 9.59 Å². The van der Waals surface area contributed by atoms with Crippen molar-refractivity contribution in [3.8, 4) is 11.5 Å². The van der Waals surface area contributed by atoms with Gasteiger partial charge in [-0.05, 0) is 42.7 Å². The van der Waals surface area contributed by atoms with Crippen molar-refractivity contribution < 1.29 is 23.5 Å². The maximum absolute atomic E-state index is 13.6. The Bertz CT molecular complexity index is 1060. The van der Waals surface area contributed by atoms with Gasteiger partial charge in [0.25, 0.3) is 5.91 Å². The van der Waals surface area contributed by atoms with E-state index < -0.39 is 0 Å². The van der Waals surface area contributed by atoms with Crippen molar-refractivity contribution in [2.45, 2.75) is 32.0 Å².